The highest BCUT2D eigenvalue weighted by Gasteiger charge is 2.35. The van der Waals surface area contributed by atoms with Gasteiger partial charge in [-0.1, -0.05) is 234 Å². The number of hydrogen-bond acceptors (Lipinski definition) is 1. The van der Waals surface area contributed by atoms with Gasteiger partial charge >= 0.3 is 0 Å². The number of Topliss-reactive ketones (excluding diaryl/α,β-unsaturated/α-hetero) is 1. The van der Waals surface area contributed by atoms with Gasteiger partial charge in [-0.05, 0) is 83.3 Å². The number of hydrogen-bond donors (Lipinski definition) is 0. The van der Waals surface area contributed by atoms with E-state index in [1.54, 1.807) is 0 Å². The first-order valence-electron chi connectivity index (χ1n) is 22.2. The summed E-state index contributed by atoms with van der Waals surface area (Å²) in [5.41, 5.74) is 10.4. The summed E-state index contributed by atoms with van der Waals surface area (Å²) in [6.07, 6.45) is 29.1. The highest BCUT2D eigenvalue weighted by atomic mass is 79.9. The third-order valence-electron chi connectivity index (χ3n) is 11.6. The van der Waals surface area contributed by atoms with Crippen LogP contribution in [0.15, 0.2) is 106 Å². The van der Waals surface area contributed by atoms with Crippen LogP contribution in [0.2, 0.25) is 0 Å². The second-order valence-corrected chi connectivity index (χ2v) is 17.9. The number of benzene rings is 4. The molecule has 1 aliphatic carbocycles. The van der Waals surface area contributed by atoms with Gasteiger partial charge in [0.15, 0.2) is 5.78 Å². The summed E-state index contributed by atoms with van der Waals surface area (Å²) in [5.74, 6) is 0.103. The van der Waals surface area contributed by atoms with Crippen LogP contribution in [0.3, 0.4) is 0 Å². The summed E-state index contributed by atoms with van der Waals surface area (Å²) in [4.78, 5) is 15.0. The van der Waals surface area contributed by atoms with Gasteiger partial charge in [0, 0.05) is 31.2 Å². The second kappa shape index (κ2) is 24.7. The van der Waals surface area contributed by atoms with E-state index in [1.165, 1.54) is 140 Å². The van der Waals surface area contributed by atoms with Crippen molar-refractivity contribution in [3.8, 4) is 0 Å². The van der Waals surface area contributed by atoms with E-state index in [0.29, 0.717) is 0 Å². The molecule has 0 aliphatic heterocycles. The summed E-state index contributed by atoms with van der Waals surface area (Å²) in [5, 5.41) is 0. The molecule has 4 aromatic rings. The van der Waals surface area contributed by atoms with Crippen LogP contribution in [0, 0.1) is 0 Å². The molecular formula is C53H66Br2O. The van der Waals surface area contributed by atoms with Crippen molar-refractivity contribution in [2.75, 3.05) is 0 Å². The van der Waals surface area contributed by atoms with Crippen molar-refractivity contribution < 1.29 is 4.79 Å². The third kappa shape index (κ3) is 13.5. The lowest BCUT2D eigenvalue weighted by atomic mass is 9.89. The van der Waals surface area contributed by atoms with Crippen molar-refractivity contribution in [1.29, 1.82) is 0 Å². The zero-order valence-corrected chi connectivity index (χ0v) is 37.6. The Morgan fingerprint density at radius 3 is 0.875 bits per heavy atom. The molecule has 1 aliphatic rings. The van der Waals surface area contributed by atoms with Crippen LogP contribution in [0.5, 0.6) is 0 Å². The first-order chi connectivity index (χ1) is 27.5. The summed E-state index contributed by atoms with van der Waals surface area (Å²) in [7, 11) is 0. The van der Waals surface area contributed by atoms with E-state index in [4.69, 9.17) is 0 Å². The number of rotatable bonds is 26. The first kappa shape index (κ1) is 44.1. The highest BCUT2D eigenvalue weighted by Crippen LogP contribution is 2.50. The van der Waals surface area contributed by atoms with Crippen molar-refractivity contribution >= 4 is 59.9 Å². The molecule has 0 aromatic heterocycles. The van der Waals surface area contributed by atoms with Crippen molar-refractivity contribution in [2.45, 2.75) is 155 Å². The Labute approximate surface area is 357 Å². The van der Waals surface area contributed by atoms with Crippen molar-refractivity contribution in [3.05, 3.63) is 139 Å². The topological polar surface area (TPSA) is 17.1 Å². The lowest BCUT2D eigenvalue weighted by molar-refractivity contribution is -0.108. The van der Waals surface area contributed by atoms with Crippen molar-refractivity contribution in [3.63, 3.8) is 0 Å². The normalized spacial score (nSPS) is 13.0. The lowest BCUT2D eigenvalue weighted by Gasteiger charge is -2.14. The Morgan fingerprint density at radius 1 is 0.321 bits per heavy atom. The van der Waals surface area contributed by atoms with E-state index in [9.17, 15) is 4.79 Å². The van der Waals surface area contributed by atoms with Crippen LogP contribution < -0.4 is 0 Å². The summed E-state index contributed by atoms with van der Waals surface area (Å²) < 4.78 is 2.05. The molecule has 1 nitrogen and oxygen atoms in total. The van der Waals surface area contributed by atoms with Crippen LogP contribution in [0.1, 0.15) is 176 Å². The summed E-state index contributed by atoms with van der Waals surface area (Å²) in [6.45, 7) is 4.57. The predicted octanol–water partition coefficient (Wildman–Crippen LogP) is 17.2. The number of ketones is 1. The maximum atomic E-state index is 15.0. The minimum atomic E-state index is 0.103. The van der Waals surface area contributed by atoms with Crippen LogP contribution >= 0.6 is 31.9 Å². The number of unbranched alkanes of at least 4 members (excludes halogenated alkanes) is 18. The lowest BCUT2D eigenvalue weighted by Crippen LogP contribution is -2.02. The Balaban J connectivity index is 1.32. The second-order valence-electron chi connectivity index (χ2n) is 16.1. The van der Waals surface area contributed by atoms with Gasteiger partial charge in [0.1, 0.15) is 0 Å². The van der Waals surface area contributed by atoms with Crippen LogP contribution in [0.4, 0.5) is 0 Å². The minimum Gasteiger partial charge on any atom is -0.289 e. The van der Waals surface area contributed by atoms with E-state index in [1.807, 2.05) is 0 Å². The molecule has 0 fully saturated rings. The Kier molecular flexibility index (Phi) is 19.4. The quantitative estimate of drug-likeness (QED) is 0.0575. The number of aryl methyl sites for hydroxylation is 2. The van der Waals surface area contributed by atoms with E-state index < -0.39 is 0 Å². The molecular weight excluding hydrogens is 812 g/mol. The van der Waals surface area contributed by atoms with Gasteiger partial charge < -0.3 is 0 Å². The van der Waals surface area contributed by atoms with Crippen LogP contribution in [0.25, 0.3) is 22.3 Å². The van der Waals surface area contributed by atoms with Gasteiger partial charge in [-0.15, -0.1) is 0 Å². The van der Waals surface area contributed by atoms with E-state index in [0.717, 1.165) is 66.3 Å². The van der Waals surface area contributed by atoms with Crippen LogP contribution in [-0.2, 0) is 17.6 Å². The molecule has 56 heavy (non-hydrogen) atoms. The van der Waals surface area contributed by atoms with Gasteiger partial charge in [-0.3, -0.25) is 4.79 Å². The highest BCUT2D eigenvalue weighted by molar-refractivity contribution is 9.10. The molecule has 0 heterocycles. The van der Waals surface area contributed by atoms with Gasteiger partial charge in [0.2, 0.25) is 0 Å². The third-order valence-corrected chi connectivity index (χ3v) is 12.7. The summed E-state index contributed by atoms with van der Waals surface area (Å²) in [6, 6.07) is 34.7. The Morgan fingerprint density at radius 2 is 0.571 bits per heavy atom. The number of carbonyl (C=O) groups is 1. The van der Waals surface area contributed by atoms with E-state index in [2.05, 4.69) is 143 Å². The fourth-order valence-electron chi connectivity index (χ4n) is 8.27. The molecule has 0 amide bonds. The fraction of sp³-hybridized carbons (Fsp3) is 0.453. The molecule has 0 radical (unpaired) electrons. The number of halogens is 2. The van der Waals surface area contributed by atoms with Crippen molar-refractivity contribution in [1.82, 2.24) is 0 Å². The minimum absolute atomic E-state index is 0.103. The predicted molar refractivity (Wildman–Crippen MR) is 251 cm³/mol. The molecule has 298 valence electrons. The molecule has 0 saturated heterocycles. The molecule has 0 unspecified atom stereocenters. The number of allylic oxidation sites excluding steroid dienone is 4. The monoisotopic (exact) mass is 876 g/mol. The van der Waals surface area contributed by atoms with E-state index >= 15 is 0 Å². The zero-order valence-electron chi connectivity index (χ0n) is 34.5. The molecule has 4 aromatic carbocycles. The standard InChI is InChI=1S/C53H66Br2O/c1-3-5-7-9-11-13-15-17-19-21-23-41-25-29-45(30-26-41)51-49(43-33-37-47(54)38-34-43)50(44-35-39-48(55)40-36-44)52(53(51)56)46-31-27-42(28-32-46)24-22-20-18-16-14-12-10-8-6-4-2/h25-40H,3-24H2,1-2H3. The SMILES string of the molecule is CCCCCCCCCCCCc1ccc(C2=C(c3ccc(Br)cc3)C(c3ccc(Br)cc3)=C(c3ccc(CCCCCCCCCCCC)cc3)C2=O)cc1. The molecule has 0 N–H and O–H groups in total. The Hall–Kier alpha value is -3.01. The smallest absolute Gasteiger partial charge is 0.195 e. The molecule has 0 bridgehead atoms. The average Bonchev–Trinajstić information content (AvgIpc) is 3.52. The largest absolute Gasteiger partial charge is 0.289 e. The number of carbonyl (C=O) groups excluding carboxylic acids is 1. The zero-order chi connectivity index (χ0) is 39.4. The maximum absolute atomic E-state index is 15.0. The van der Waals surface area contributed by atoms with Gasteiger partial charge in [-0.25, -0.2) is 0 Å². The molecule has 0 atom stereocenters. The average molecular weight is 879 g/mol. The van der Waals surface area contributed by atoms with Gasteiger partial charge in [0.25, 0.3) is 0 Å². The maximum Gasteiger partial charge on any atom is 0.195 e. The van der Waals surface area contributed by atoms with Crippen LogP contribution in [-0.4, -0.2) is 5.78 Å². The van der Waals surface area contributed by atoms with Crippen molar-refractivity contribution in [2.24, 2.45) is 0 Å². The fourth-order valence-corrected chi connectivity index (χ4v) is 8.80. The Bertz CT molecular complexity index is 1680. The molecule has 5 rings (SSSR count). The summed E-state index contributed by atoms with van der Waals surface area (Å²) >= 11 is 7.30. The van der Waals surface area contributed by atoms with Gasteiger partial charge in [0.05, 0.1) is 0 Å². The molecule has 0 saturated carbocycles. The first-order valence-corrected chi connectivity index (χ1v) is 23.8. The van der Waals surface area contributed by atoms with Gasteiger partial charge in [-0.2, -0.15) is 0 Å². The molecule has 0 spiro atoms. The van der Waals surface area contributed by atoms with E-state index in [-0.39, 0.29) is 5.78 Å². The molecule has 3 heteroatoms.